The highest BCUT2D eigenvalue weighted by Crippen LogP contribution is 2.33. The Labute approximate surface area is 223 Å². The molecule has 12 heteroatoms. The number of aromatic nitrogens is 5. The van der Waals surface area contributed by atoms with Crippen molar-refractivity contribution < 1.29 is 22.7 Å². The van der Waals surface area contributed by atoms with Crippen molar-refractivity contribution in [2.75, 3.05) is 5.32 Å². The average Bonchev–Trinajstić information content (AvgIpc) is 3.51. The third-order valence-corrected chi connectivity index (χ3v) is 6.35. The predicted molar refractivity (Wildman–Crippen MR) is 138 cm³/mol. The van der Waals surface area contributed by atoms with Gasteiger partial charge >= 0.3 is 6.18 Å². The molecule has 3 heterocycles. The topological polar surface area (TPSA) is 86.3 Å². The van der Waals surface area contributed by atoms with Crippen LogP contribution in [0.5, 0.6) is 5.75 Å². The number of alkyl halides is 3. The van der Waals surface area contributed by atoms with E-state index in [0.717, 1.165) is 21.7 Å². The van der Waals surface area contributed by atoms with E-state index >= 15 is 0 Å². The van der Waals surface area contributed by atoms with Gasteiger partial charge in [0.1, 0.15) is 5.75 Å². The molecule has 5 rings (SSSR count). The number of nitrogens with one attached hydrogen (secondary N) is 1. The molecule has 0 aliphatic carbocycles. The molecule has 0 saturated carbocycles. The van der Waals surface area contributed by atoms with Gasteiger partial charge in [0.25, 0.3) is 5.91 Å². The Hall–Kier alpha value is -4.19. The summed E-state index contributed by atoms with van der Waals surface area (Å²) in [6, 6.07) is 14.7. The van der Waals surface area contributed by atoms with Crippen LogP contribution in [0.3, 0.4) is 0 Å². The summed E-state index contributed by atoms with van der Waals surface area (Å²) in [6.45, 7) is 3.88. The lowest BCUT2D eigenvalue weighted by Crippen LogP contribution is -2.15. The normalized spacial score (nSPS) is 11.6. The fourth-order valence-electron chi connectivity index (χ4n) is 3.70. The predicted octanol–water partition coefficient (Wildman–Crippen LogP) is 6.28. The Morgan fingerprint density at radius 1 is 1.05 bits per heavy atom. The van der Waals surface area contributed by atoms with Gasteiger partial charge in [-0.2, -0.15) is 23.4 Å². The maximum absolute atomic E-state index is 13.9. The van der Waals surface area contributed by atoms with E-state index in [0.29, 0.717) is 21.5 Å². The molecule has 5 aromatic rings. The number of hydrogen-bond donors (Lipinski definition) is 1. The van der Waals surface area contributed by atoms with Crippen molar-refractivity contribution in [1.82, 2.24) is 24.4 Å². The SMILES string of the molecule is Cc1ccc(-c2cc(C(F)(F)F)n3nc(C(=O)Nc4cnn(COc5ccc(Br)cc5)c4)cc3n2)cc1C. The standard InChI is InChI=1S/C26H20BrF3N6O2/c1-15-3-4-17(9-16(15)2)21-10-23(26(28,29)30)36-24(33-21)11-22(34-36)25(37)32-19-12-31-35(13-19)14-38-20-7-5-18(27)6-8-20/h3-13H,14H2,1-2H3,(H,32,37). The van der Waals surface area contributed by atoms with Crippen LogP contribution in [0.15, 0.2) is 71.5 Å². The molecule has 0 bridgehead atoms. The molecular formula is C26H20BrF3N6O2. The third kappa shape index (κ3) is 5.40. The molecule has 3 aromatic heterocycles. The van der Waals surface area contributed by atoms with Crippen molar-refractivity contribution in [3.63, 3.8) is 0 Å². The second-order valence-electron chi connectivity index (χ2n) is 8.57. The molecule has 1 N–H and O–H groups in total. The highest BCUT2D eigenvalue weighted by atomic mass is 79.9. The number of amides is 1. The Morgan fingerprint density at radius 3 is 2.53 bits per heavy atom. The molecule has 194 valence electrons. The zero-order valence-corrected chi connectivity index (χ0v) is 21.7. The maximum atomic E-state index is 13.9. The first-order valence-corrected chi connectivity index (χ1v) is 12.1. The van der Waals surface area contributed by atoms with Crippen molar-refractivity contribution in [1.29, 1.82) is 0 Å². The van der Waals surface area contributed by atoms with Gasteiger partial charge in [0.2, 0.25) is 0 Å². The van der Waals surface area contributed by atoms with Crippen molar-refractivity contribution in [3.8, 4) is 17.0 Å². The van der Waals surface area contributed by atoms with Crippen molar-refractivity contribution in [3.05, 3.63) is 94.0 Å². The van der Waals surface area contributed by atoms with Crippen LogP contribution in [0.25, 0.3) is 16.9 Å². The lowest BCUT2D eigenvalue weighted by atomic mass is 10.0. The smallest absolute Gasteiger partial charge is 0.433 e. The van der Waals surface area contributed by atoms with E-state index in [1.165, 1.54) is 23.1 Å². The molecule has 0 unspecified atom stereocenters. The van der Waals surface area contributed by atoms with Crippen molar-refractivity contribution in [2.45, 2.75) is 26.8 Å². The molecule has 0 aliphatic rings. The quantitative estimate of drug-likeness (QED) is 0.254. The number of nitrogens with zero attached hydrogens (tertiary/aromatic N) is 5. The third-order valence-electron chi connectivity index (χ3n) is 5.82. The first-order chi connectivity index (χ1) is 18.1. The van der Waals surface area contributed by atoms with E-state index in [2.05, 4.69) is 36.4 Å². The molecule has 38 heavy (non-hydrogen) atoms. The fourth-order valence-corrected chi connectivity index (χ4v) is 3.97. The van der Waals surface area contributed by atoms with Gasteiger partial charge in [0, 0.05) is 16.1 Å². The van der Waals surface area contributed by atoms with Gasteiger partial charge in [0.15, 0.2) is 23.8 Å². The van der Waals surface area contributed by atoms with Crippen LogP contribution in [-0.4, -0.2) is 30.3 Å². The van der Waals surface area contributed by atoms with E-state index in [9.17, 15) is 18.0 Å². The monoisotopic (exact) mass is 584 g/mol. The number of hydrogen-bond acceptors (Lipinski definition) is 5. The minimum Gasteiger partial charge on any atom is -0.471 e. The van der Waals surface area contributed by atoms with Gasteiger partial charge in [0.05, 0.1) is 23.8 Å². The fraction of sp³-hybridized carbons (Fsp3) is 0.154. The Kier molecular flexibility index (Phi) is 6.66. The van der Waals surface area contributed by atoms with Gasteiger partial charge in [-0.25, -0.2) is 14.2 Å². The van der Waals surface area contributed by atoms with E-state index in [1.807, 2.05) is 32.0 Å². The van der Waals surface area contributed by atoms with Crippen LogP contribution in [0.2, 0.25) is 0 Å². The molecule has 2 aromatic carbocycles. The molecule has 0 spiro atoms. The van der Waals surface area contributed by atoms with Crippen LogP contribution in [-0.2, 0) is 12.9 Å². The number of halogens is 4. The summed E-state index contributed by atoms with van der Waals surface area (Å²) in [4.78, 5) is 17.2. The van der Waals surface area contributed by atoms with Crippen LogP contribution in [0.1, 0.15) is 27.3 Å². The number of ether oxygens (including phenoxy) is 1. The molecule has 0 fully saturated rings. The second-order valence-corrected chi connectivity index (χ2v) is 9.49. The summed E-state index contributed by atoms with van der Waals surface area (Å²) in [5.74, 6) is -0.0724. The summed E-state index contributed by atoms with van der Waals surface area (Å²) in [6.07, 6.45) is -1.79. The lowest BCUT2D eigenvalue weighted by Gasteiger charge is -2.11. The summed E-state index contributed by atoms with van der Waals surface area (Å²) in [7, 11) is 0. The van der Waals surface area contributed by atoms with Crippen LogP contribution in [0.4, 0.5) is 18.9 Å². The lowest BCUT2D eigenvalue weighted by molar-refractivity contribution is -0.142. The molecule has 8 nitrogen and oxygen atoms in total. The zero-order valence-electron chi connectivity index (χ0n) is 20.1. The van der Waals surface area contributed by atoms with Crippen LogP contribution in [0, 0.1) is 13.8 Å². The highest BCUT2D eigenvalue weighted by molar-refractivity contribution is 9.10. The van der Waals surface area contributed by atoms with Crippen LogP contribution < -0.4 is 10.1 Å². The highest BCUT2D eigenvalue weighted by Gasteiger charge is 2.35. The zero-order chi connectivity index (χ0) is 27.0. The molecule has 0 aliphatic heterocycles. The first kappa shape index (κ1) is 25.5. The molecule has 0 saturated heterocycles. The van der Waals surface area contributed by atoms with E-state index in [4.69, 9.17) is 4.74 Å². The number of carbonyl (C=O) groups is 1. The minimum atomic E-state index is -4.72. The Bertz CT molecular complexity index is 1640. The van der Waals surface area contributed by atoms with Gasteiger partial charge in [-0.15, -0.1) is 0 Å². The summed E-state index contributed by atoms with van der Waals surface area (Å²) >= 11 is 3.35. The number of rotatable bonds is 6. The van der Waals surface area contributed by atoms with E-state index in [1.54, 1.807) is 24.3 Å². The summed E-state index contributed by atoms with van der Waals surface area (Å²) < 4.78 is 50.4. The number of aryl methyl sites for hydroxylation is 2. The average molecular weight is 585 g/mol. The summed E-state index contributed by atoms with van der Waals surface area (Å²) in [5.41, 5.74) is 1.57. The van der Waals surface area contributed by atoms with Crippen LogP contribution >= 0.6 is 15.9 Å². The minimum absolute atomic E-state index is 0.0893. The number of anilines is 1. The molecule has 0 radical (unpaired) electrons. The Morgan fingerprint density at radius 2 is 1.82 bits per heavy atom. The van der Waals surface area contributed by atoms with Crippen molar-refractivity contribution in [2.24, 2.45) is 0 Å². The number of fused-ring (bicyclic) bond motifs is 1. The van der Waals surface area contributed by atoms with E-state index < -0.39 is 17.8 Å². The Balaban J connectivity index is 1.38. The summed E-state index contributed by atoms with van der Waals surface area (Å²) in [5, 5.41) is 10.6. The molecule has 1 amide bonds. The second kappa shape index (κ2) is 9.93. The maximum Gasteiger partial charge on any atom is 0.433 e. The van der Waals surface area contributed by atoms with E-state index in [-0.39, 0.29) is 23.8 Å². The first-order valence-electron chi connectivity index (χ1n) is 11.3. The van der Waals surface area contributed by atoms with Gasteiger partial charge in [-0.3, -0.25) is 4.79 Å². The van der Waals surface area contributed by atoms with Gasteiger partial charge in [-0.05, 0) is 61.4 Å². The molecular weight excluding hydrogens is 565 g/mol. The largest absolute Gasteiger partial charge is 0.471 e. The number of carbonyl (C=O) groups excluding carboxylic acids is 1. The number of benzene rings is 2. The van der Waals surface area contributed by atoms with Gasteiger partial charge in [-0.1, -0.05) is 28.1 Å². The van der Waals surface area contributed by atoms with Crippen molar-refractivity contribution >= 4 is 33.2 Å². The molecule has 0 atom stereocenters. The van der Waals surface area contributed by atoms with Gasteiger partial charge < -0.3 is 10.1 Å².